The van der Waals surface area contributed by atoms with Gasteiger partial charge >= 0.3 is 0 Å². The van der Waals surface area contributed by atoms with Crippen molar-refractivity contribution in [3.63, 3.8) is 0 Å². The molecule has 2 aromatic rings. The molecule has 0 aliphatic carbocycles. The van der Waals surface area contributed by atoms with Gasteiger partial charge in [-0.25, -0.2) is 5.01 Å². The number of para-hydroxylation sites is 1. The molecular weight excluding hydrogens is 414 g/mol. The zero-order valence-corrected chi connectivity index (χ0v) is 19.0. The van der Waals surface area contributed by atoms with Gasteiger partial charge in [0, 0.05) is 20.3 Å². The minimum atomic E-state index is -0.320. The van der Waals surface area contributed by atoms with Gasteiger partial charge in [-0.15, -0.1) is 5.10 Å². The molecule has 1 unspecified atom stereocenters. The van der Waals surface area contributed by atoms with Crippen LogP contribution in [0.5, 0.6) is 11.5 Å². The minimum absolute atomic E-state index is 0.193. The average Bonchev–Trinajstić information content (AvgIpc) is 3.13. The van der Waals surface area contributed by atoms with Crippen LogP contribution >= 0.6 is 11.8 Å². The maximum absolute atomic E-state index is 11.9. The standard InChI is InChI=1S/C23H27N3O4S/c1-15-7-5-8-16(2)21(15)30-14-6-13-29-20-11-9-19(10-12-20)22-26(18(4)28)25-23(31-22)24-17(3)27/h5,7-12,22H,6,13-14H2,1-4H3,(H,24,25,27). The smallest absolute Gasteiger partial charge is 0.241 e. The van der Waals surface area contributed by atoms with Gasteiger partial charge in [0.15, 0.2) is 5.17 Å². The summed E-state index contributed by atoms with van der Waals surface area (Å²) in [6.45, 7) is 8.07. The van der Waals surface area contributed by atoms with Crippen LogP contribution in [0.2, 0.25) is 0 Å². The van der Waals surface area contributed by atoms with Gasteiger partial charge in [-0.1, -0.05) is 42.1 Å². The zero-order chi connectivity index (χ0) is 22.4. The lowest BCUT2D eigenvalue weighted by molar-refractivity contribution is -0.129. The molecule has 3 rings (SSSR count). The van der Waals surface area contributed by atoms with E-state index in [1.54, 1.807) is 0 Å². The van der Waals surface area contributed by atoms with Gasteiger partial charge in [-0.3, -0.25) is 9.59 Å². The number of hydrazone groups is 1. The first-order valence-corrected chi connectivity index (χ1v) is 11.0. The third-order valence-corrected chi connectivity index (χ3v) is 5.73. The number of carbonyl (C=O) groups is 2. The van der Waals surface area contributed by atoms with Crippen LogP contribution in [0.3, 0.4) is 0 Å². The summed E-state index contributed by atoms with van der Waals surface area (Å²) in [6, 6.07) is 13.7. The number of amidine groups is 1. The molecule has 0 bridgehead atoms. The predicted molar refractivity (Wildman–Crippen MR) is 122 cm³/mol. The number of nitrogens with zero attached hydrogens (tertiary/aromatic N) is 2. The van der Waals surface area contributed by atoms with E-state index < -0.39 is 0 Å². The number of amides is 2. The fraction of sp³-hybridized carbons (Fsp3) is 0.348. The van der Waals surface area contributed by atoms with Gasteiger partial charge < -0.3 is 14.8 Å². The molecule has 0 aromatic heterocycles. The quantitative estimate of drug-likeness (QED) is 0.653. The van der Waals surface area contributed by atoms with Crippen molar-refractivity contribution in [1.29, 1.82) is 0 Å². The van der Waals surface area contributed by atoms with Crippen LogP contribution in [0.25, 0.3) is 0 Å². The first-order chi connectivity index (χ1) is 14.8. The van der Waals surface area contributed by atoms with Crippen molar-refractivity contribution in [2.24, 2.45) is 5.10 Å². The highest BCUT2D eigenvalue weighted by molar-refractivity contribution is 8.14. The monoisotopic (exact) mass is 441 g/mol. The molecular formula is C23H27N3O4S. The Kier molecular flexibility index (Phi) is 7.57. The Hall–Kier alpha value is -3.00. The maximum atomic E-state index is 11.9. The average molecular weight is 442 g/mol. The van der Waals surface area contributed by atoms with Crippen molar-refractivity contribution in [2.75, 3.05) is 13.2 Å². The van der Waals surface area contributed by atoms with E-state index in [9.17, 15) is 9.59 Å². The normalized spacial score (nSPS) is 15.4. The number of carbonyl (C=O) groups excluding carboxylic acids is 2. The van der Waals surface area contributed by atoms with E-state index in [4.69, 9.17) is 9.47 Å². The number of thioether (sulfide) groups is 1. The summed E-state index contributed by atoms with van der Waals surface area (Å²) in [4.78, 5) is 23.2. The lowest BCUT2D eigenvalue weighted by atomic mass is 10.1. The molecule has 1 aliphatic rings. The molecule has 2 aromatic carbocycles. The molecule has 1 N–H and O–H groups in total. The second-order valence-electron chi connectivity index (χ2n) is 7.26. The van der Waals surface area contributed by atoms with Crippen molar-refractivity contribution < 1.29 is 19.1 Å². The summed E-state index contributed by atoms with van der Waals surface area (Å²) in [6.07, 6.45) is 0.764. The minimum Gasteiger partial charge on any atom is -0.493 e. The van der Waals surface area contributed by atoms with Gasteiger partial charge in [-0.2, -0.15) is 0 Å². The fourth-order valence-corrected chi connectivity index (χ4v) is 4.30. The summed E-state index contributed by atoms with van der Waals surface area (Å²) in [7, 11) is 0. The molecule has 0 spiro atoms. The van der Waals surface area contributed by atoms with Crippen LogP contribution in [-0.4, -0.2) is 35.2 Å². The summed E-state index contributed by atoms with van der Waals surface area (Å²) in [5.41, 5.74) is 3.16. The molecule has 1 heterocycles. The third kappa shape index (κ3) is 6.01. The van der Waals surface area contributed by atoms with Crippen molar-refractivity contribution in [1.82, 2.24) is 10.3 Å². The number of hydrogen-bond acceptors (Lipinski definition) is 6. The molecule has 1 atom stereocenters. The van der Waals surface area contributed by atoms with E-state index in [2.05, 4.69) is 10.4 Å². The number of aryl methyl sites for hydroxylation is 2. The summed E-state index contributed by atoms with van der Waals surface area (Å²) < 4.78 is 11.7. The zero-order valence-electron chi connectivity index (χ0n) is 18.2. The van der Waals surface area contributed by atoms with Gasteiger partial charge in [0.25, 0.3) is 0 Å². The van der Waals surface area contributed by atoms with Crippen LogP contribution in [0, 0.1) is 13.8 Å². The Morgan fingerprint density at radius 2 is 1.68 bits per heavy atom. The topological polar surface area (TPSA) is 80.2 Å². The second-order valence-corrected chi connectivity index (χ2v) is 8.33. The van der Waals surface area contributed by atoms with E-state index in [1.165, 1.54) is 30.6 Å². The fourth-order valence-electron chi connectivity index (χ4n) is 3.16. The van der Waals surface area contributed by atoms with E-state index in [0.717, 1.165) is 34.6 Å². The first-order valence-electron chi connectivity index (χ1n) is 10.1. The maximum Gasteiger partial charge on any atom is 0.241 e. The number of hydrogen-bond donors (Lipinski definition) is 1. The first kappa shape index (κ1) is 22.7. The molecule has 8 heteroatoms. The third-order valence-electron chi connectivity index (χ3n) is 4.63. The van der Waals surface area contributed by atoms with Gasteiger partial charge in [0.2, 0.25) is 11.8 Å². The Balaban J connectivity index is 1.50. The molecule has 0 radical (unpaired) electrons. The number of ether oxygens (including phenoxy) is 2. The Morgan fingerprint density at radius 3 is 2.29 bits per heavy atom. The van der Waals surface area contributed by atoms with Crippen molar-refractivity contribution in [3.8, 4) is 11.5 Å². The molecule has 7 nitrogen and oxygen atoms in total. The summed E-state index contributed by atoms with van der Waals surface area (Å²) in [5, 5.41) is 8.31. The predicted octanol–water partition coefficient (Wildman–Crippen LogP) is 4.15. The largest absolute Gasteiger partial charge is 0.493 e. The highest BCUT2D eigenvalue weighted by Gasteiger charge is 2.32. The van der Waals surface area contributed by atoms with Crippen LogP contribution in [0.1, 0.15) is 42.3 Å². The highest BCUT2D eigenvalue weighted by atomic mass is 32.2. The van der Waals surface area contributed by atoms with Gasteiger partial charge in [0.1, 0.15) is 16.9 Å². The second kappa shape index (κ2) is 10.3. The van der Waals surface area contributed by atoms with Crippen LogP contribution < -0.4 is 14.8 Å². The van der Waals surface area contributed by atoms with Gasteiger partial charge in [0.05, 0.1) is 13.2 Å². The number of benzene rings is 2. The molecule has 0 fully saturated rings. The Labute approximate surface area is 186 Å². The molecule has 164 valence electrons. The van der Waals surface area contributed by atoms with E-state index in [-0.39, 0.29) is 17.2 Å². The van der Waals surface area contributed by atoms with Gasteiger partial charge in [-0.05, 0) is 42.7 Å². The van der Waals surface area contributed by atoms with Crippen molar-refractivity contribution in [3.05, 3.63) is 59.2 Å². The lowest BCUT2D eigenvalue weighted by Gasteiger charge is -2.19. The molecule has 1 aliphatic heterocycles. The van der Waals surface area contributed by atoms with Crippen molar-refractivity contribution >= 4 is 28.7 Å². The number of nitrogens with one attached hydrogen (secondary N) is 1. The number of rotatable bonds is 7. The Bertz CT molecular complexity index is 955. The molecule has 2 amide bonds. The molecule has 0 saturated carbocycles. The molecule has 0 saturated heterocycles. The van der Waals surface area contributed by atoms with Crippen LogP contribution in [-0.2, 0) is 9.59 Å². The van der Waals surface area contributed by atoms with E-state index >= 15 is 0 Å². The van der Waals surface area contributed by atoms with E-state index in [1.807, 2.05) is 56.3 Å². The van der Waals surface area contributed by atoms with E-state index in [0.29, 0.717) is 18.4 Å². The Morgan fingerprint density at radius 1 is 1.03 bits per heavy atom. The van der Waals surface area contributed by atoms with Crippen molar-refractivity contribution in [2.45, 2.75) is 39.5 Å². The lowest BCUT2D eigenvalue weighted by Crippen LogP contribution is -2.25. The molecule has 31 heavy (non-hydrogen) atoms. The highest BCUT2D eigenvalue weighted by Crippen LogP contribution is 2.39. The van der Waals surface area contributed by atoms with Crippen LogP contribution in [0.15, 0.2) is 47.6 Å². The van der Waals surface area contributed by atoms with Crippen LogP contribution in [0.4, 0.5) is 0 Å². The summed E-state index contributed by atoms with van der Waals surface area (Å²) >= 11 is 1.32. The summed E-state index contributed by atoms with van der Waals surface area (Å²) in [5.74, 6) is 1.27. The SMILES string of the molecule is CC(=O)NC1=NN(C(C)=O)C(c2ccc(OCCCOc3c(C)cccc3C)cc2)S1.